The molecule has 0 aliphatic carbocycles. The number of rotatable bonds is 8. The van der Waals surface area contributed by atoms with Crippen molar-refractivity contribution in [1.29, 1.82) is 0 Å². The molecular weight excluding hydrogens is 923 g/mol. The van der Waals surface area contributed by atoms with Crippen LogP contribution in [0.4, 0.5) is 66.9 Å². The summed E-state index contributed by atoms with van der Waals surface area (Å²) in [6, 6.07) is 7.40. The minimum atomic E-state index is -4.81. The maximum Gasteiger partial charge on any atom is 0.433 e. The molecule has 6 rings (SSSR count). The second kappa shape index (κ2) is 18.0. The SMILES string of the molecule is CC1CN(c2nc(C(F)(F)F)ccc2C(=O)Nc2ccnc(S(N)(=O)=O)c2)CCC1(F)F.CC1CN(c2nc(C(F)(F)F)ccc2C(=O)Nc2ccnc(S(N)(=O)=O)c2)CCC1(F)F. The van der Waals surface area contributed by atoms with Gasteiger partial charge in [0, 0.05) is 86.8 Å². The molecule has 0 bridgehead atoms. The van der Waals surface area contributed by atoms with E-state index in [2.05, 4.69) is 30.6 Å². The van der Waals surface area contributed by atoms with Crippen LogP contribution in [0.1, 0.15) is 58.8 Å². The number of nitrogens with one attached hydrogen (secondary N) is 2. The van der Waals surface area contributed by atoms with E-state index in [1.165, 1.54) is 35.8 Å². The molecule has 0 spiro atoms. The van der Waals surface area contributed by atoms with Gasteiger partial charge in [0.25, 0.3) is 43.7 Å². The van der Waals surface area contributed by atoms with Crippen LogP contribution in [0.25, 0.3) is 0 Å². The zero-order valence-corrected chi connectivity index (χ0v) is 34.7. The lowest BCUT2D eigenvalue weighted by Crippen LogP contribution is -2.46. The Bertz CT molecular complexity index is 2460. The standard InChI is InChI=1S/2C18H18F5N5O3S/c2*1-10-9-28(7-5-17(10,19)20)15-12(2-3-13(27-15)18(21,22)23)16(29)26-11-4-6-25-14(8-11)32(24,30)31/h2*2-4,6,8,10H,5,7,9H2,1H3,(H2,24,30,31)(H,25,26,29). The number of hydrogen-bond acceptors (Lipinski definition) is 12. The quantitative estimate of drug-likeness (QED) is 0.155. The van der Waals surface area contributed by atoms with Gasteiger partial charge in [0.1, 0.15) is 23.0 Å². The normalized spacial score (nSPS) is 19.0. The van der Waals surface area contributed by atoms with Gasteiger partial charge in [-0.2, -0.15) is 26.3 Å². The Morgan fingerprint density at radius 3 is 1.28 bits per heavy atom. The van der Waals surface area contributed by atoms with Crippen LogP contribution in [0.3, 0.4) is 0 Å². The van der Waals surface area contributed by atoms with Crippen molar-refractivity contribution < 1.29 is 70.3 Å². The Hall–Kier alpha value is -5.74. The van der Waals surface area contributed by atoms with Crippen LogP contribution in [0.2, 0.25) is 0 Å². The fourth-order valence-corrected chi connectivity index (χ4v) is 7.29. The van der Waals surface area contributed by atoms with Gasteiger partial charge < -0.3 is 20.4 Å². The molecule has 2 aliphatic heterocycles. The van der Waals surface area contributed by atoms with Crippen LogP contribution in [-0.4, -0.2) is 86.6 Å². The molecular formula is C36H36F10N10O6S2. The van der Waals surface area contributed by atoms with Crippen LogP contribution in [0.15, 0.2) is 71.0 Å². The molecule has 2 aliphatic rings. The van der Waals surface area contributed by atoms with Crippen molar-refractivity contribution >= 4 is 54.9 Å². The Kier molecular flexibility index (Phi) is 13.9. The molecule has 2 unspecified atom stereocenters. The molecule has 2 fully saturated rings. The summed E-state index contributed by atoms with van der Waals surface area (Å²) in [4.78, 5) is 42.2. The molecule has 64 heavy (non-hydrogen) atoms. The predicted molar refractivity (Wildman–Crippen MR) is 207 cm³/mol. The van der Waals surface area contributed by atoms with Gasteiger partial charge in [-0.1, -0.05) is 13.8 Å². The number of primary sulfonamides is 2. The van der Waals surface area contributed by atoms with Crippen LogP contribution >= 0.6 is 0 Å². The van der Waals surface area contributed by atoms with Crippen molar-refractivity contribution in [1.82, 2.24) is 19.9 Å². The van der Waals surface area contributed by atoms with Gasteiger partial charge in [-0.3, -0.25) is 9.59 Å². The smallest absolute Gasteiger partial charge is 0.355 e. The summed E-state index contributed by atoms with van der Waals surface area (Å²) in [5.74, 6) is -11.0. The van der Waals surface area contributed by atoms with Gasteiger partial charge in [-0.05, 0) is 36.4 Å². The topological polar surface area (TPSA) is 237 Å². The first-order valence-electron chi connectivity index (χ1n) is 18.4. The molecule has 0 aromatic carbocycles. The summed E-state index contributed by atoms with van der Waals surface area (Å²) >= 11 is 0. The first-order chi connectivity index (χ1) is 29.4. The maximum absolute atomic E-state index is 13.9. The van der Waals surface area contributed by atoms with Gasteiger partial charge in [0.15, 0.2) is 10.1 Å². The second-order valence-electron chi connectivity index (χ2n) is 14.6. The minimum absolute atomic E-state index is 0.0431. The number of anilines is 4. The van der Waals surface area contributed by atoms with E-state index in [9.17, 15) is 70.3 Å². The van der Waals surface area contributed by atoms with Crippen molar-refractivity contribution in [3.8, 4) is 0 Å². The summed E-state index contributed by atoms with van der Waals surface area (Å²) < 4.78 is 180. The van der Waals surface area contributed by atoms with Gasteiger partial charge in [0.2, 0.25) is 0 Å². The average Bonchev–Trinajstić information content (AvgIpc) is 3.18. The highest BCUT2D eigenvalue weighted by Gasteiger charge is 2.44. The molecule has 6 N–H and O–H groups in total. The molecule has 16 nitrogen and oxygen atoms in total. The van der Waals surface area contributed by atoms with Crippen molar-refractivity contribution in [3.63, 3.8) is 0 Å². The maximum atomic E-state index is 13.9. The number of nitrogens with zero attached hydrogens (tertiary/aromatic N) is 6. The van der Waals surface area contributed by atoms with Crippen LogP contribution in [-0.2, 0) is 32.4 Å². The number of pyridine rings is 4. The summed E-state index contributed by atoms with van der Waals surface area (Å²) in [7, 11) is -8.34. The highest BCUT2D eigenvalue weighted by atomic mass is 32.2. The second-order valence-corrected chi connectivity index (χ2v) is 17.6. The summed E-state index contributed by atoms with van der Waals surface area (Å²) in [5.41, 5.74) is -3.26. The lowest BCUT2D eigenvalue weighted by Gasteiger charge is -2.38. The average molecular weight is 959 g/mol. The van der Waals surface area contributed by atoms with Crippen molar-refractivity contribution in [2.75, 3.05) is 46.6 Å². The van der Waals surface area contributed by atoms with Crippen molar-refractivity contribution in [2.45, 2.75) is 60.9 Å². The first kappa shape index (κ1) is 49.3. The summed E-state index contributed by atoms with van der Waals surface area (Å²) in [6.07, 6.45) is -8.73. The number of piperidine rings is 2. The molecule has 2 atom stereocenters. The molecule has 348 valence electrons. The van der Waals surface area contributed by atoms with E-state index >= 15 is 0 Å². The Morgan fingerprint density at radius 2 is 0.984 bits per heavy atom. The number of halogens is 10. The number of nitrogens with two attached hydrogens (primary N) is 2. The fourth-order valence-electron chi connectivity index (χ4n) is 6.29. The van der Waals surface area contributed by atoms with Gasteiger partial charge in [-0.15, -0.1) is 0 Å². The van der Waals surface area contributed by atoms with E-state index < -0.39 is 114 Å². The van der Waals surface area contributed by atoms with Gasteiger partial charge in [0.05, 0.1) is 11.1 Å². The molecule has 0 radical (unpaired) electrons. The molecule has 4 aromatic heterocycles. The van der Waals surface area contributed by atoms with E-state index in [0.29, 0.717) is 12.1 Å². The monoisotopic (exact) mass is 958 g/mol. The van der Waals surface area contributed by atoms with E-state index in [0.717, 1.165) is 36.7 Å². The Morgan fingerprint density at radius 1 is 0.641 bits per heavy atom. The lowest BCUT2D eigenvalue weighted by atomic mass is 9.95. The van der Waals surface area contributed by atoms with E-state index in [1.54, 1.807) is 0 Å². The van der Waals surface area contributed by atoms with Gasteiger partial charge >= 0.3 is 12.4 Å². The fraction of sp³-hybridized carbons (Fsp3) is 0.389. The number of hydrogen-bond donors (Lipinski definition) is 4. The summed E-state index contributed by atoms with van der Waals surface area (Å²) in [5, 5.41) is 13.6. The molecule has 2 saturated heterocycles. The van der Waals surface area contributed by atoms with Crippen molar-refractivity contribution in [3.05, 3.63) is 83.4 Å². The number of sulfonamides is 2. The largest absolute Gasteiger partial charge is 0.433 e. The van der Waals surface area contributed by atoms with Crippen molar-refractivity contribution in [2.24, 2.45) is 22.1 Å². The number of aromatic nitrogens is 4. The molecule has 6 heterocycles. The Labute approximate surface area is 357 Å². The third-order valence-electron chi connectivity index (χ3n) is 9.85. The highest BCUT2D eigenvalue weighted by Crippen LogP contribution is 2.39. The third kappa shape index (κ3) is 11.9. The number of alkyl halides is 10. The predicted octanol–water partition coefficient (Wildman–Crippen LogP) is 5.75. The lowest BCUT2D eigenvalue weighted by molar-refractivity contribution is -0.141. The molecule has 28 heteroatoms. The third-order valence-corrected chi connectivity index (χ3v) is 11.5. The zero-order valence-electron chi connectivity index (χ0n) is 33.1. The zero-order chi connectivity index (χ0) is 47.8. The van der Waals surface area contributed by atoms with E-state index in [1.807, 2.05) is 0 Å². The minimum Gasteiger partial charge on any atom is -0.355 e. The van der Waals surface area contributed by atoms with Crippen LogP contribution < -0.4 is 30.7 Å². The number of carbonyl (C=O) groups is 2. The molecule has 0 saturated carbocycles. The molecule has 2 amide bonds. The van der Waals surface area contributed by atoms with Gasteiger partial charge in [-0.25, -0.2) is 64.6 Å². The molecule has 4 aromatic rings. The van der Waals surface area contributed by atoms with Crippen LogP contribution in [0, 0.1) is 11.8 Å². The number of amides is 2. The summed E-state index contributed by atoms with van der Waals surface area (Å²) in [6.45, 7) is 1.27. The van der Waals surface area contributed by atoms with E-state index in [-0.39, 0.29) is 48.7 Å². The number of carbonyl (C=O) groups excluding carboxylic acids is 2. The highest BCUT2D eigenvalue weighted by molar-refractivity contribution is 7.89. The Balaban J connectivity index is 0.000000241. The van der Waals surface area contributed by atoms with Crippen LogP contribution in [0.5, 0.6) is 0 Å². The van der Waals surface area contributed by atoms with E-state index in [4.69, 9.17) is 10.3 Å². The first-order valence-corrected chi connectivity index (χ1v) is 21.5.